The van der Waals surface area contributed by atoms with Gasteiger partial charge in [0.25, 0.3) is 0 Å². The number of phenols is 3. The van der Waals surface area contributed by atoms with Crippen molar-refractivity contribution < 1.29 is 20.4 Å². The number of unbranched alkanes of at least 4 members (excludes halogenated alkanes) is 7. The predicted octanol–water partition coefficient (Wildman–Crippen LogP) is 6.43. The van der Waals surface area contributed by atoms with Crippen molar-refractivity contribution in [2.75, 3.05) is 0 Å². The van der Waals surface area contributed by atoms with Gasteiger partial charge in [-0.05, 0) is 42.7 Å². The van der Waals surface area contributed by atoms with Gasteiger partial charge in [-0.3, -0.25) is 4.79 Å². The Hall–Kier alpha value is -2.73. The topological polar surface area (TPSA) is 98.0 Å². The molecule has 31 heavy (non-hydrogen) atoms. The van der Waals surface area contributed by atoms with Crippen molar-refractivity contribution in [2.45, 2.75) is 64.7 Å². The van der Waals surface area contributed by atoms with Gasteiger partial charge in [0, 0.05) is 15.6 Å². The molecule has 1 heterocycles. The van der Waals surface area contributed by atoms with Crippen LogP contribution in [0.5, 0.6) is 23.0 Å². The molecule has 0 saturated heterocycles. The zero-order valence-corrected chi connectivity index (χ0v) is 18.7. The summed E-state index contributed by atoms with van der Waals surface area (Å²) in [5, 5.41) is 40.0. The van der Waals surface area contributed by atoms with E-state index in [9.17, 15) is 25.2 Å². The Morgan fingerprint density at radius 1 is 0.774 bits per heavy atom. The minimum atomic E-state index is -0.635. The molecule has 0 bridgehead atoms. The van der Waals surface area contributed by atoms with Crippen LogP contribution in [0.2, 0.25) is 0 Å². The zero-order valence-electron chi connectivity index (χ0n) is 17.9. The first kappa shape index (κ1) is 22.9. The Kier molecular flexibility index (Phi) is 7.80. The number of phenolic OH excluding ortho intramolecular Hbond substituents is 3. The Morgan fingerprint density at radius 2 is 1.39 bits per heavy atom. The summed E-state index contributed by atoms with van der Waals surface area (Å²) in [5.74, 6) is -2.10. The van der Waals surface area contributed by atoms with E-state index in [1.54, 1.807) is 6.07 Å². The molecule has 0 aliphatic rings. The van der Waals surface area contributed by atoms with Crippen molar-refractivity contribution >= 4 is 21.4 Å². The van der Waals surface area contributed by atoms with Crippen LogP contribution in [0, 0.1) is 0 Å². The van der Waals surface area contributed by atoms with Gasteiger partial charge in [0.2, 0.25) is 5.43 Å². The molecule has 1 aromatic heterocycles. The molecule has 3 aromatic rings. The summed E-state index contributed by atoms with van der Waals surface area (Å²) in [6.45, 7) is 2.23. The lowest BCUT2D eigenvalue weighted by Crippen LogP contribution is -2.01. The first-order valence-corrected chi connectivity index (χ1v) is 11.8. The number of aryl methyl sites for hydroxylation is 1. The van der Waals surface area contributed by atoms with Gasteiger partial charge in [0.1, 0.15) is 0 Å². The minimum absolute atomic E-state index is 0.243. The first-order valence-electron chi connectivity index (χ1n) is 11.0. The molecule has 0 spiro atoms. The van der Waals surface area contributed by atoms with Crippen molar-refractivity contribution in [3.8, 4) is 33.4 Å². The third-order valence-corrected chi connectivity index (χ3v) is 6.77. The standard InChI is InChI=1S/C25H30O5S/c1-2-3-4-5-6-7-8-9-10-16-11-12-18-21(13-16)31-25(24(30)22(18)28)17-14-19(26)23(29)20(27)15-17/h11-15,26-27,29-30H,2-10H2,1H3. The van der Waals surface area contributed by atoms with Gasteiger partial charge in [0.05, 0.1) is 4.88 Å². The van der Waals surface area contributed by atoms with Crippen LogP contribution in [-0.2, 0) is 6.42 Å². The summed E-state index contributed by atoms with van der Waals surface area (Å²) in [5.41, 5.74) is 0.916. The fraction of sp³-hybridized carbons (Fsp3) is 0.400. The molecule has 0 unspecified atom stereocenters. The van der Waals surface area contributed by atoms with Gasteiger partial charge in [0.15, 0.2) is 23.0 Å². The summed E-state index contributed by atoms with van der Waals surface area (Å²) >= 11 is 1.22. The molecule has 2 aromatic carbocycles. The SMILES string of the molecule is CCCCCCCCCCc1ccc2c(=O)c(O)c(-c3cc(O)c(O)c(O)c3)sc2c1. The number of hydrogen-bond acceptors (Lipinski definition) is 6. The van der Waals surface area contributed by atoms with E-state index in [1.807, 2.05) is 12.1 Å². The predicted molar refractivity (Wildman–Crippen MR) is 127 cm³/mol. The maximum absolute atomic E-state index is 12.7. The summed E-state index contributed by atoms with van der Waals surface area (Å²) in [7, 11) is 0. The van der Waals surface area contributed by atoms with E-state index >= 15 is 0 Å². The van der Waals surface area contributed by atoms with E-state index < -0.39 is 28.4 Å². The molecule has 0 aliphatic carbocycles. The number of fused-ring (bicyclic) bond motifs is 1. The maximum atomic E-state index is 12.7. The van der Waals surface area contributed by atoms with Crippen LogP contribution >= 0.6 is 11.3 Å². The van der Waals surface area contributed by atoms with Crippen LogP contribution in [0.25, 0.3) is 20.5 Å². The Labute approximate surface area is 186 Å². The molecule has 4 N–H and O–H groups in total. The maximum Gasteiger partial charge on any atom is 0.230 e. The highest BCUT2D eigenvalue weighted by Crippen LogP contribution is 2.43. The van der Waals surface area contributed by atoms with Gasteiger partial charge in [-0.25, -0.2) is 0 Å². The highest BCUT2D eigenvalue weighted by Gasteiger charge is 2.17. The lowest BCUT2D eigenvalue weighted by molar-refractivity contribution is 0.368. The van der Waals surface area contributed by atoms with Crippen LogP contribution in [-0.4, -0.2) is 20.4 Å². The smallest absolute Gasteiger partial charge is 0.230 e. The molecular weight excluding hydrogens is 412 g/mol. The van der Waals surface area contributed by atoms with Crippen LogP contribution in [0.4, 0.5) is 0 Å². The van der Waals surface area contributed by atoms with Gasteiger partial charge >= 0.3 is 0 Å². The van der Waals surface area contributed by atoms with Gasteiger partial charge in [-0.2, -0.15) is 0 Å². The molecule has 0 atom stereocenters. The highest BCUT2D eigenvalue weighted by molar-refractivity contribution is 7.21. The molecular formula is C25H30O5S. The lowest BCUT2D eigenvalue weighted by Gasteiger charge is -2.09. The van der Waals surface area contributed by atoms with Crippen LogP contribution < -0.4 is 5.43 Å². The second kappa shape index (κ2) is 10.5. The second-order valence-electron chi connectivity index (χ2n) is 8.03. The molecule has 166 valence electrons. The molecule has 0 aliphatic heterocycles. The molecule has 6 heteroatoms. The number of rotatable bonds is 10. The Morgan fingerprint density at radius 3 is 2.03 bits per heavy atom. The van der Waals surface area contributed by atoms with Crippen molar-refractivity contribution in [3.05, 3.63) is 46.1 Å². The largest absolute Gasteiger partial charge is 0.504 e. The number of benzene rings is 2. The van der Waals surface area contributed by atoms with Gasteiger partial charge in [-0.1, -0.05) is 57.9 Å². The monoisotopic (exact) mass is 442 g/mol. The Balaban J connectivity index is 1.76. The van der Waals surface area contributed by atoms with Crippen molar-refractivity contribution in [1.29, 1.82) is 0 Å². The zero-order chi connectivity index (χ0) is 22.4. The molecule has 0 fully saturated rings. The molecule has 0 radical (unpaired) electrons. The van der Waals surface area contributed by atoms with Crippen LogP contribution in [0.1, 0.15) is 63.9 Å². The van der Waals surface area contributed by atoms with Gasteiger partial charge < -0.3 is 20.4 Å². The number of aromatic hydroxyl groups is 4. The molecule has 0 saturated carbocycles. The summed E-state index contributed by atoms with van der Waals surface area (Å²) in [6.07, 6.45) is 11.0. The van der Waals surface area contributed by atoms with Gasteiger partial charge in [-0.15, -0.1) is 11.3 Å². The van der Waals surface area contributed by atoms with Crippen molar-refractivity contribution in [1.82, 2.24) is 0 Å². The fourth-order valence-corrected chi connectivity index (χ4v) is 4.90. The van der Waals surface area contributed by atoms with E-state index in [0.29, 0.717) is 5.39 Å². The average Bonchev–Trinajstić information content (AvgIpc) is 2.76. The Bertz CT molecular complexity index is 1080. The molecule has 3 rings (SSSR count). The summed E-state index contributed by atoms with van der Waals surface area (Å²) in [6, 6.07) is 8.11. The van der Waals surface area contributed by atoms with E-state index in [1.165, 1.54) is 68.4 Å². The normalized spacial score (nSPS) is 11.3. The number of hydrogen-bond donors (Lipinski definition) is 4. The average molecular weight is 443 g/mol. The van der Waals surface area contributed by atoms with E-state index in [-0.39, 0.29) is 10.4 Å². The minimum Gasteiger partial charge on any atom is -0.504 e. The van der Waals surface area contributed by atoms with E-state index in [4.69, 9.17) is 0 Å². The summed E-state index contributed by atoms with van der Waals surface area (Å²) < 4.78 is 0.738. The lowest BCUT2D eigenvalue weighted by atomic mass is 10.0. The van der Waals surface area contributed by atoms with Crippen LogP contribution in [0.3, 0.4) is 0 Å². The van der Waals surface area contributed by atoms with Crippen LogP contribution in [0.15, 0.2) is 35.1 Å². The highest BCUT2D eigenvalue weighted by atomic mass is 32.1. The van der Waals surface area contributed by atoms with E-state index in [2.05, 4.69) is 6.92 Å². The molecule has 0 amide bonds. The summed E-state index contributed by atoms with van der Waals surface area (Å²) in [4.78, 5) is 12.9. The second-order valence-corrected chi connectivity index (χ2v) is 9.08. The van der Waals surface area contributed by atoms with E-state index in [0.717, 1.165) is 23.1 Å². The fourth-order valence-electron chi connectivity index (χ4n) is 3.78. The quantitative estimate of drug-likeness (QED) is 0.214. The van der Waals surface area contributed by atoms with Crippen molar-refractivity contribution in [3.63, 3.8) is 0 Å². The third-order valence-electron chi connectivity index (χ3n) is 5.58. The third kappa shape index (κ3) is 5.50. The first-order chi connectivity index (χ1) is 14.9. The molecule has 5 nitrogen and oxygen atoms in total. The van der Waals surface area contributed by atoms with Crippen molar-refractivity contribution in [2.24, 2.45) is 0 Å².